The molecule has 20 heavy (non-hydrogen) atoms. The van der Waals surface area contributed by atoms with Crippen molar-refractivity contribution in [1.29, 1.82) is 0 Å². The zero-order valence-electron chi connectivity index (χ0n) is 11.6. The van der Waals surface area contributed by atoms with Crippen molar-refractivity contribution < 1.29 is 14.2 Å². The molecular formula is C16H18FNO2. The first-order chi connectivity index (χ1) is 9.60. The molecule has 2 aromatic carbocycles. The van der Waals surface area contributed by atoms with Gasteiger partial charge in [-0.3, -0.25) is 0 Å². The van der Waals surface area contributed by atoms with Crippen LogP contribution in [0, 0.1) is 5.82 Å². The van der Waals surface area contributed by atoms with Crippen LogP contribution in [0.4, 0.5) is 4.39 Å². The van der Waals surface area contributed by atoms with E-state index in [1.807, 2.05) is 13.0 Å². The van der Waals surface area contributed by atoms with Crippen LogP contribution in [0.1, 0.15) is 24.1 Å². The summed E-state index contributed by atoms with van der Waals surface area (Å²) < 4.78 is 17.9. The normalized spacial score (nSPS) is 12.2. The van der Waals surface area contributed by atoms with Crippen LogP contribution in [0.25, 0.3) is 0 Å². The molecule has 0 heterocycles. The fraction of sp³-hybridized carbons (Fsp3) is 0.250. The minimum Gasteiger partial charge on any atom is -0.504 e. The fourth-order valence-electron chi connectivity index (χ4n) is 1.95. The maximum atomic E-state index is 12.8. The average Bonchev–Trinajstić information content (AvgIpc) is 2.47. The fourth-order valence-corrected chi connectivity index (χ4v) is 1.95. The predicted molar refractivity (Wildman–Crippen MR) is 76.3 cm³/mol. The third-order valence-electron chi connectivity index (χ3n) is 3.23. The number of phenolic OH excluding ortho intramolecular Hbond substituents is 1. The van der Waals surface area contributed by atoms with Gasteiger partial charge in [-0.15, -0.1) is 0 Å². The van der Waals surface area contributed by atoms with E-state index >= 15 is 0 Å². The lowest BCUT2D eigenvalue weighted by molar-refractivity contribution is 0.372. The van der Waals surface area contributed by atoms with Crippen LogP contribution >= 0.6 is 0 Å². The molecule has 0 radical (unpaired) electrons. The Morgan fingerprint density at radius 3 is 2.55 bits per heavy atom. The molecule has 2 N–H and O–H groups in total. The lowest BCUT2D eigenvalue weighted by atomic mass is 10.1. The summed E-state index contributed by atoms with van der Waals surface area (Å²) in [5.74, 6) is 0.352. The van der Waals surface area contributed by atoms with E-state index < -0.39 is 0 Å². The van der Waals surface area contributed by atoms with E-state index in [2.05, 4.69) is 5.32 Å². The minimum atomic E-state index is -0.231. The van der Waals surface area contributed by atoms with E-state index in [4.69, 9.17) is 4.74 Å². The van der Waals surface area contributed by atoms with Crippen LogP contribution in [0.15, 0.2) is 42.5 Å². The molecule has 0 aliphatic heterocycles. The Morgan fingerprint density at radius 1 is 1.20 bits per heavy atom. The molecule has 0 aliphatic rings. The highest BCUT2D eigenvalue weighted by Crippen LogP contribution is 2.28. The molecule has 1 atom stereocenters. The Kier molecular flexibility index (Phi) is 4.58. The van der Waals surface area contributed by atoms with Gasteiger partial charge >= 0.3 is 0 Å². The van der Waals surface area contributed by atoms with Crippen molar-refractivity contribution in [2.24, 2.45) is 0 Å². The number of aromatic hydroxyl groups is 1. The van der Waals surface area contributed by atoms with Gasteiger partial charge in [-0.05, 0) is 42.3 Å². The first-order valence-corrected chi connectivity index (χ1v) is 6.45. The van der Waals surface area contributed by atoms with Crippen molar-refractivity contribution >= 4 is 0 Å². The second-order valence-electron chi connectivity index (χ2n) is 4.66. The number of halogens is 1. The summed E-state index contributed by atoms with van der Waals surface area (Å²) >= 11 is 0. The quantitative estimate of drug-likeness (QED) is 0.879. The Bertz CT molecular complexity index is 569. The topological polar surface area (TPSA) is 41.5 Å². The Morgan fingerprint density at radius 2 is 1.90 bits per heavy atom. The minimum absolute atomic E-state index is 0.0922. The molecule has 0 spiro atoms. The van der Waals surface area contributed by atoms with Gasteiger partial charge in [0.15, 0.2) is 11.5 Å². The van der Waals surface area contributed by atoms with E-state index in [-0.39, 0.29) is 17.6 Å². The Hall–Kier alpha value is -2.07. The third kappa shape index (κ3) is 3.48. The lowest BCUT2D eigenvalue weighted by Gasteiger charge is -2.15. The highest BCUT2D eigenvalue weighted by molar-refractivity contribution is 5.42. The van der Waals surface area contributed by atoms with Crippen LogP contribution in [0.3, 0.4) is 0 Å². The van der Waals surface area contributed by atoms with Gasteiger partial charge in [-0.2, -0.15) is 0 Å². The number of hydrogen-bond acceptors (Lipinski definition) is 3. The van der Waals surface area contributed by atoms with Crippen molar-refractivity contribution in [3.05, 3.63) is 59.4 Å². The van der Waals surface area contributed by atoms with E-state index in [0.717, 1.165) is 11.1 Å². The second-order valence-corrected chi connectivity index (χ2v) is 4.66. The standard InChI is InChI=1S/C16H18FNO2/c1-11(13-5-8-15(19)16(9-13)20-2)18-10-12-3-6-14(17)7-4-12/h3-9,11,18-19H,10H2,1-2H3. The predicted octanol–water partition coefficient (Wildman–Crippen LogP) is 3.39. The second kappa shape index (κ2) is 6.39. The number of rotatable bonds is 5. The molecule has 2 aromatic rings. The molecule has 2 rings (SSSR count). The molecule has 0 saturated carbocycles. The summed E-state index contributed by atoms with van der Waals surface area (Å²) in [7, 11) is 1.52. The molecule has 0 saturated heterocycles. The van der Waals surface area contributed by atoms with E-state index in [0.29, 0.717) is 12.3 Å². The van der Waals surface area contributed by atoms with Crippen molar-refractivity contribution in [3.63, 3.8) is 0 Å². The van der Waals surface area contributed by atoms with Crippen molar-refractivity contribution in [3.8, 4) is 11.5 Å². The monoisotopic (exact) mass is 275 g/mol. The molecule has 0 aromatic heterocycles. The highest BCUT2D eigenvalue weighted by atomic mass is 19.1. The van der Waals surface area contributed by atoms with Gasteiger partial charge in [0.2, 0.25) is 0 Å². The van der Waals surface area contributed by atoms with Crippen molar-refractivity contribution in [1.82, 2.24) is 5.32 Å². The van der Waals surface area contributed by atoms with Crippen molar-refractivity contribution in [2.45, 2.75) is 19.5 Å². The van der Waals surface area contributed by atoms with Crippen LogP contribution in [-0.4, -0.2) is 12.2 Å². The van der Waals surface area contributed by atoms with E-state index in [1.54, 1.807) is 24.3 Å². The Labute approximate surface area is 118 Å². The summed E-state index contributed by atoms with van der Waals surface area (Å²) in [4.78, 5) is 0. The zero-order valence-corrected chi connectivity index (χ0v) is 11.6. The third-order valence-corrected chi connectivity index (χ3v) is 3.23. The van der Waals surface area contributed by atoms with Crippen LogP contribution in [-0.2, 0) is 6.54 Å². The van der Waals surface area contributed by atoms with Gasteiger partial charge < -0.3 is 15.2 Å². The van der Waals surface area contributed by atoms with Crippen LogP contribution < -0.4 is 10.1 Å². The molecule has 0 amide bonds. The molecule has 0 fully saturated rings. The van der Waals surface area contributed by atoms with Gasteiger partial charge in [-0.1, -0.05) is 18.2 Å². The smallest absolute Gasteiger partial charge is 0.160 e. The molecule has 4 heteroatoms. The van der Waals surface area contributed by atoms with E-state index in [9.17, 15) is 9.50 Å². The molecule has 1 unspecified atom stereocenters. The zero-order chi connectivity index (χ0) is 14.5. The van der Waals surface area contributed by atoms with Gasteiger partial charge in [0.25, 0.3) is 0 Å². The number of nitrogens with one attached hydrogen (secondary N) is 1. The average molecular weight is 275 g/mol. The van der Waals surface area contributed by atoms with Crippen LogP contribution in [0.5, 0.6) is 11.5 Å². The molecule has 3 nitrogen and oxygen atoms in total. The maximum absolute atomic E-state index is 12.8. The molecular weight excluding hydrogens is 257 g/mol. The first kappa shape index (κ1) is 14.3. The number of phenols is 1. The largest absolute Gasteiger partial charge is 0.504 e. The first-order valence-electron chi connectivity index (χ1n) is 6.45. The number of benzene rings is 2. The summed E-state index contributed by atoms with van der Waals surface area (Å²) in [5.41, 5.74) is 2.03. The SMILES string of the molecule is COc1cc(C(C)NCc2ccc(F)cc2)ccc1O. The molecule has 106 valence electrons. The maximum Gasteiger partial charge on any atom is 0.160 e. The van der Waals surface area contributed by atoms with Gasteiger partial charge in [-0.25, -0.2) is 4.39 Å². The molecule has 0 aliphatic carbocycles. The molecule has 0 bridgehead atoms. The van der Waals surface area contributed by atoms with Crippen LogP contribution in [0.2, 0.25) is 0 Å². The van der Waals surface area contributed by atoms with Gasteiger partial charge in [0, 0.05) is 12.6 Å². The summed E-state index contributed by atoms with van der Waals surface area (Å²) in [6.45, 7) is 2.67. The van der Waals surface area contributed by atoms with E-state index in [1.165, 1.54) is 19.2 Å². The Balaban J connectivity index is 2.01. The number of methoxy groups -OCH3 is 1. The van der Waals surface area contributed by atoms with Gasteiger partial charge in [0.05, 0.1) is 7.11 Å². The van der Waals surface area contributed by atoms with Crippen molar-refractivity contribution in [2.75, 3.05) is 7.11 Å². The van der Waals surface area contributed by atoms with Gasteiger partial charge in [0.1, 0.15) is 5.82 Å². The number of hydrogen-bond donors (Lipinski definition) is 2. The highest BCUT2D eigenvalue weighted by Gasteiger charge is 2.09. The number of ether oxygens (including phenoxy) is 1. The summed E-state index contributed by atoms with van der Waals surface area (Å²) in [5, 5.41) is 12.9. The summed E-state index contributed by atoms with van der Waals surface area (Å²) in [6.07, 6.45) is 0. The lowest BCUT2D eigenvalue weighted by Crippen LogP contribution is -2.18. The summed E-state index contributed by atoms with van der Waals surface area (Å²) in [6, 6.07) is 11.8.